The molecule has 0 amide bonds. The number of aromatic nitrogens is 1. The summed E-state index contributed by atoms with van der Waals surface area (Å²) in [5.74, 6) is 0.908. The smallest absolute Gasteiger partial charge is 0.119 e. The molecule has 0 aliphatic rings. The second kappa shape index (κ2) is 7.23. The van der Waals surface area contributed by atoms with E-state index in [2.05, 4.69) is 41.5 Å². The summed E-state index contributed by atoms with van der Waals surface area (Å²) in [7, 11) is 0. The third kappa shape index (κ3) is 4.30. The van der Waals surface area contributed by atoms with Crippen LogP contribution in [0, 0.1) is 6.92 Å². The van der Waals surface area contributed by atoms with Crippen molar-refractivity contribution in [2.75, 3.05) is 6.54 Å². The van der Waals surface area contributed by atoms with E-state index in [4.69, 9.17) is 4.74 Å². The molecule has 0 bridgehead atoms. The first-order valence-corrected chi connectivity index (χ1v) is 7.52. The number of pyridine rings is 1. The molecule has 112 valence electrons. The molecule has 1 aromatic carbocycles. The van der Waals surface area contributed by atoms with Crippen molar-refractivity contribution in [1.29, 1.82) is 0 Å². The van der Waals surface area contributed by atoms with Gasteiger partial charge in [0.1, 0.15) is 5.75 Å². The van der Waals surface area contributed by atoms with Crippen LogP contribution in [0.15, 0.2) is 42.6 Å². The van der Waals surface area contributed by atoms with Crippen LogP contribution in [0.2, 0.25) is 0 Å². The minimum Gasteiger partial charge on any atom is -0.491 e. The van der Waals surface area contributed by atoms with Crippen LogP contribution in [0.1, 0.15) is 43.6 Å². The van der Waals surface area contributed by atoms with Gasteiger partial charge in [0.15, 0.2) is 0 Å². The molecule has 0 aliphatic carbocycles. The van der Waals surface area contributed by atoms with Crippen LogP contribution >= 0.6 is 0 Å². The first-order valence-electron chi connectivity index (χ1n) is 7.52. The Labute approximate surface area is 127 Å². The van der Waals surface area contributed by atoms with E-state index in [0.717, 1.165) is 18.0 Å². The highest BCUT2D eigenvalue weighted by atomic mass is 16.5. The Bertz CT molecular complexity index is 546. The first kappa shape index (κ1) is 15.5. The molecule has 0 radical (unpaired) electrons. The molecule has 0 saturated carbocycles. The van der Waals surface area contributed by atoms with Gasteiger partial charge in [-0.05, 0) is 56.6 Å². The van der Waals surface area contributed by atoms with Crippen LogP contribution in [-0.4, -0.2) is 17.6 Å². The minimum absolute atomic E-state index is 0.163. The minimum atomic E-state index is 0.163. The van der Waals surface area contributed by atoms with Crippen LogP contribution in [0.4, 0.5) is 0 Å². The van der Waals surface area contributed by atoms with Crippen LogP contribution in [0.3, 0.4) is 0 Å². The Morgan fingerprint density at radius 3 is 2.24 bits per heavy atom. The monoisotopic (exact) mass is 284 g/mol. The number of hydrogen-bond acceptors (Lipinski definition) is 3. The molecule has 3 heteroatoms. The molecule has 21 heavy (non-hydrogen) atoms. The van der Waals surface area contributed by atoms with Crippen molar-refractivity contribution in [3.8, 4) is 5.75 Å². The molecule has 1 N–H and O–H groups in total. The molecule has 0 aliphatic heterocycles. The number of ether oxygens (including phenoxy) is 1. The number of rotatable bonds is 6. The zero-order valence-electron chi connectivity index (χ0n) is 13.3. The van der Waals surface area contributed by atoms with Crippen molar-refractivity contribution >= 4 is 0 Å². The van der Waals surface area contributed by atoms with E-state index in [9.17, 15) is 0 Å². The fourth-order valence-corrected chi connectivity index (χ4v) is 2.29. The molecule has 0 saturated heterocycles. The van der Waals surface area contributed by atoms with Crippen LogP contribution in [0.25, 0.3) is 0 Å². The summed E-state index contributed by atoms with van der Waals surface area (Å²) >= 11 is 0. The van der Waals surface area contributed by atoms with Gasteiger partial charge in [-0.2, -0.15) is 0 Å². The third-order valence-electron chi connectivity index (χ3n) is 3.26. The lowest BCUT2D eigenvalue weighted by atomic mass is 10.00. The SMILES string of the molecule is CCNC(c1ccc(OC(C)C)cc1)c1ccc(C)nc1. The van der Waals surface area contributed by atoms with E-state index in [1.807, 2.05) is 39.1 Å². The number of hydrogen-bond donors (Lipinski definition) is 1. The zero-order valence-corrected chi connectivity index (χ0v) is 13.3. The Morgan fingerprint density at radius 1 is 1.05 bits per heavy atom. The quantitative estimate of drug-likeness (QED) is 0.874. The predicted octanol–water partition coefficient (Wildman–Crippen LogP) is 3.88. The molecule has 2 aromatic rings. The van der Waals surface area contributed by atoms with Gasteiger partial charge in [0.25, 0.3) is 0 Å². The number of nitrogens with one attached hydrogen (secondary N) is 1. The van der Waals surface area contributed by atoms with Gasteiger partial charge in [-0.1, -0.05) is 25.1 Å². The molecule has 2 rings (SSSR count). The molecule has 1 aromatic heterocycles. The maximum absolute atomic E-state index is 5.70. The van der Waals surface area contributed by atoms with Crippen molar-refractivity contribution in [2.24, 2.45) is 0 Å². The lowest BCUT2D eigenvalue weighted by molar-refractivity contribution is 0.242. The van der Waals surface area contributed by atoms with Gasteiger partial charge < -0.3 is 10.1 Å². The van der Waals surface area contributed by atoms with Gasteiger partial charge in [0, 0.05) is 11.9 Å². The first-order chi connectivity index (χ1) is 10.1. The van der Waals surface area contributed by atoms with Crippen LogP contribution < -0.4 is 10.1 Å². The van der Waals surface area contributed by atoms with Gasteiger partial charge in [-0.25, -0.2) is 0 Å². The van der Waals surface area contributed by atoms with E-state index in [-0.39, 0.29) is 12.1 Å². The summed E-state index contributed by atoms with van der Waals surface area (Å²) in [5.41, 5.74) is 3.44. The summed E-state index contributed by atoms with van der Waals surface area (Å²) in [4.78, 5) is 4.40. The van der Waals surface area contributed by atoms with Gasteiger partial charge in [-0.3, -0.25) is 4.98 Å². The van der Waals surface area contributed by atoms with E-state index in [1.54, 1.807) is 0 Å². The number of aryl methyl sites for hydroxylation is 1. The summed E-state index contributed by atoms with van der Waals surface area (Å²) in [6.07, 6.45) is 2.14. The highest BCUT2D eigenvalue weighted by Gasteiger charge is 2.13. The van der Waals surface area contributed by atoms with Crippen LogP contribution in [-0.2, 0) is 0 Å². The normalized spacial score (nSPS) is 12.4. The fourth-order valence-electron chi connectivity index (χ4n) is 2.29. The Morgan fingerprint density at radius 2 is 1.71 bits per heavy atom. The maximum atomic E-state index is 5.70. The molecular weight excluding hydrogens is 260 g/mol. The average molecular weight is 284 g/mol. The van der Waals surface area contributed by atoms with E-state index < -0.39 is 0 Å². The van der Waals surface area contributed by atoms with Crippen molar-refractivity contribution in [2.45, 2.75) is 39.8 Å². The second-order valence-corrected chi connectivity index (χ2v) is 5.46. The predicted molar refractivity (Wildman–Crippen MR) is 86.7 cm³/mol. The molecule has 1 heterocycles. The number of benzene rings is 1. The summed E-state index contributed by atoms with van der Waals surface area (Å²) in [6, 6.07) is 12.6. The van der Waals surface area contributed by atoms with Gasteiger partial charge >= 0.3 is 0 Å². The van der Waals surface area contributed by atoms with Crippen molar-refractivity contribution < 1.29 is 4.74 Å². The highest BCUT2D eigenvalue weighted by Crippen LogP contribution is 2.24. The number of nitrogens with zero attached hydrogens (tertiary/aromatic N) is 1. The average Bonchev–Trinajstić information content (AvgIpc) is 2.46. The second-order valence-electron chi connectivity index (χ2n) is 5.46. The van der Waals surface area contributed by atoms with E-state index >= 15 is 0 Å². The zero-order chi connectivity index (χ0) is 15.2. The van der Waals surface area contributed by atoms with Gasteiger partial charge in [-0.15, -0.1) is 0 Å². The van der Waals surface area contributed by atoms with Gasteiger partial charge in [0.05, 0.1) is 12.1 Å². The standard InChI is InChI=1S/C18H24N2O/c1-5-19-18(16-7-6-14(4)20-12-16)15-8-10-17(11-9-15)21-13(2)3/h6-13,18-19H,5H2,1-4H3. The third-order valence-corrected chi connectivity index (χ3v) is 3.26. The van der Waals surface area contributed by atoms with E-state index in [1.165, 1.54) is 11.1 Å². The Hall–Kier alpha value is -1.87. The van der Waals surface area contributed by atoms with Crippen molar-refractivity contribution in [3.63, 3.8) is 0 Å². The maximum Gasteiger partial charge on any atom is 0.119 e. The van der Waals surface area contributed by atoms with Crippen molar-refractivity contribution in [3.05, 3.63) is 59.4 Å². The highest BCUT2D eigenvalue weighted by molar-refractivity contribution is 5.35. The topological polar surface area (TPSA) is 34.1 Å². The van der Waals surface area contributed by atoms with Crippen molar-refractivity contribution in [1.82, 2.24) is 10.3 Å². The molecule has 0 fully saturated rings. The summed E-state index contributed by atoms with van der Waals surface area (Å²) in [5, 5.41) is 3.51. The molecule has 3 nitrogen and oxygen atoms in total. The molecular formula is C18H24N2O. The fraction of sp³-hybridized carbons (Fsp3) is 0.389. The lowest BCUT2D eigenvalue weighted by Gasteiger charge is -2.19. The largest absolute Gasteiger partial charge is 0.491 e. The summed E-state index contributed by atoms with van der Waals surface area (Å²) in [6.45, 7) is 9.10. The Balaban J connectivity index is 2.23. The Kier molecular flexibility index (Phi) is 5.34. The van der Waals surface area contributed by atoms with Crippen LogP contribution in [0.5, 0.6) is 5.75 Å². The lowest BCUT2D eigenvalue weighted by Crippen LogP contribution is -2.22. The van der Waals surface area contributed by atoms with Gasteiger partial charge in [0.2, 0.25) is 0 Å². The molecule has 1 atom stereocenters. The molecule has 0 spiro atoms. The van der Waals surface area contributed by atoms with E-state index in [0.29, 0.717) is 0 Å². The molecule has 1 unspecified atom stereocenters. The summed E-state index contributed by atoms with van der Waals surface area (Å²) < 4.78 is 5.70.